The molecule has 1 aliphatic rings. The summed E-state index contributed by atoms with van der Waals surface area (Å²) in [5.74, 6) is 0. The molecular formula is C52H48. The van der Waals surface area contributed by atoms with Gasteiger partial charge in [0, 0.05) is 0 Å². The molecule has 0 saturated heterocycles. The van der Waals surface area contributed by atoms with Crippen molar-refractivity contribution in [2.45, 2.75) is 41.0 Å². The standard InChI is InChI=1S/C20H16.C19H16.C11H10.C2H6/c1-14-6-8-15(9-7-14)16-10-11-18-12-17-4-2-3-5-19(17)20(18)13-16;1-15-7-9-17(10-8-15)19-13-11-18(12-14-19)16-5-3-2-4-6-16;1-9-5-4-7-10-6-2-3-8-11(9)10;1-2/h2-11,13H,12H2,1H3;2-14H,1H3;2-8H,1H3;1-2H3. The number of hydrogen-bond acceptors (Lipinski definition) is 0. The second-order valence-corrected chi connectivity index (χ2v) is 13.2. The average Bonchev–Trinajstić information content (AvgIpc) is 3.59. The normalized spacial score (nSPS) is 10.7. The van der Waals surface area contributed by atoms with Crippen LogP contribution in [-0.4, -0.2) is 0 Å². The van der Waals surface area contributed by atoms with Crippen LogP contribution in [0.3, 0.4) is 0 Å². The van der Waals surface area contributed by atoms with Gasteiger partial charge in [0.25, 0.3) is 0 Å². The molecule has 8 aromatic rings. The monoisotopic (exact) mass is 672 g/mol. The number of rotatable bonds is 3. The van der Waals surface area contributed by atoms with E-state index in [1.807, 2.05) is 19.9 Å². The van der Waals surface area contributed by atoms with Crippen molar-refractivity contribution in [3.05, 3.63) is 216 Å². The highest BCUT2D eigenvalue weighted by Gasteiger charge is 2.18. The van der Waals surface area contributed by atoms with Gasteiger partial charge < -0.3 is 0 Å². The van der Waals surface area contributed by atoms with Crippen molar-refractivity contribution in [1.82, 2.24) is 0 Å². The summed E-state index contributed by atoms with van der Waals surface area (Å²) in [5.41, 5.74) is 17.3. The Morgan fingerprint density at radius 3 is 1.38 bits per heavy atom. The molecule has 9 rings (SSSR count). The maximum atomic E-state index is 2.34. The van der Waals surface area contributed by atoms with Crippen molar-refractivity contribution in [2.24, 2.45) is 0 Å². The third kappa shape index (κ3) is 8.66. The summed E-state index contributed by atoms with van der Waals surface area (Å²) in [6, 6.07) is 67.1. The Morgan fingerprint density at radius 1 is 0.327 bits per heavy atom. The van der Waals surface area contributed by atoms with E-state index in [1.54, 1.807) is 0 Å². The van der Waals surface area contributed by atoms with Crippen LogP contribution in [0.15, 0.2) is 188 Å². The van der Waals surface area contributed by atoms with Gasteiger partial charge in [-0.25, -0.2) is 0 Å². The molecule has 0 radical (unpaired) electrons. The van der Waals surface area contributed by atoms with Gasteiger partial charge >= 0.3 is 0 Å². The van der Waals surface area contributed by atoms with Crippen LogP contribution in [0.2, 0.25) is 0 Å². The van der Waals surface area contributed by atoms with Crippen LogP contribution in [0.25, 0.3) is 55.3 Å². The van der Waals surface area contributed by atoms with Crippen molar-refractivity contribution in [3.63, 3.8) is 0 Å². The molecule has 8 aromatic carbocycles. The van der Waals surface area contributed by atoms with Crippen LogP contribution < -0.4 is 0 Å². The minimum atomic E-state index is 1.07. The third-order valence-electron chi connectivity index (χ3n) is 9.57. The van der Waals surface area contributed by atoms with Crippen LogP contribution in [0.1, 0.15) is 41.7 Å². The molecule has 0 aromatic heterocycles. The predicted molar refractivity (Wildman–Crippen MR) is 227 cm³/mol. The van der Waals surface area contributed by atoms with E-state index < -0.39 is 0 Å². The van der Waals surface area contributed by atoms with Crippen molar-refractivity contribution >= 4 is 10.8 Å². The van der Waals surface area contributed by atoms with Gasteiger partial charge in [-0.15, -0.1) is 0 Å². The van der Waals surface area contributed by atoms with Crippen LogP contribution in [0, 0.1) is 20.8 Å². The zero-order valence-electron chi connectivity index (χ0n) is 31.1. The molecule has 0 spiro atoms. The van der Waals surface area contributed by atoms with Gasteiger partial charge in [0.1, 0.15) is 0 Å². The van der Waals surface area contributed by atoms with E-state index in [0.717, 1.165) is 6.42 Å². The van der Waals surface area contributed by atoms with Gasteiger partial charge in [0.2, 0.25) is 0 Å². The Bertz CT molecular complexity index is 2320. The number of fused-ring (bicyclic) bond motifs is 4. The molecule has 0 bridgehead atoms. The van der Waals surface area contributed by atoms with E-state index >= 15 is 0 Å². The fourth-order valence-corrected chi connectivity index (χ4v) is 6.67. The minimum Gasteiger partial charge on any atom is -0.0683 e. The highest BCUT2D eigenvalue weighted by molar-refractivity contribution is 5.85. The van der Waals surface area contributed by atoms with Crippen LogP contribution in [0.4, 0.5) is 0 Å². The van der Waals surface area contributed by atoms with E-state index in [2.05, 4.69) is 203 Å². The topological polar surface area (TPSA) is 0 Å². The summed E-state index contributed by atoms with van der Waals surface area (Å²) in [5, 5.41) is 2.68. The van der Waals surface area contributed by atoms with Gasteiger partial charge in [-0.3, -0.25) is 0 Å². The fourth-order valence-electron chi connectivity index (χ4n) is 6.67. The molecule has 52 heavy (non-hydrogen) atoms. The van der Waals surface area contributed by atoms with Crippen molar-refractivity contribution in [1.29, 1.82) is 0 Å². The van der Waals surface area contributed by atoms with Crippen LogP contribution in [0.5, 0.6) is 0 Å². The highest BCUT2D eigenvalue weighted by atomic mass is 14.2. The zero-order chi connectivity index (χ0) is 36.3. The maximum Gasteiger partial charge on any atom is -0.00134 e. The van der Waals surface area contributed by atoms with Crippen molar-refractivity contribution in [2.75, 3.05) is 0 Å². The van der Waals surface area contributed by atoms with E-state index in [-0.39, 0.29) is 0 Å². The molecule has 0 aliphatic heterocycles. The molecule has 0 atom stereocenters. The summed E-state index contributed by atoms with van der Waals surface area (Å²) in [6.07, 6.45) is 1.07. The summed E-state index contributed by atoms with van der Waals surface area (Å²) in [6.45, 7) is 10.4. The molecule has 0 heteroatoms. The fraction of sp³-hybridized carbons (Fsp3) is 0.115. The molecule has 0 nitrogen and oxygen atoms in total. The maximum absolute atomic E-state index is 2.34. The molecule has 0 fully saturated rings. The first-order chi connectivity index (χ1) is 25.5. The van der Waals surface area contributed by atoms with Gasteiger partial charge in [0.15, 0.2) is 0 Å². The lowest BCUT2D eigenvalue weighted by molar-refractivity contribution is 1.26. The average molecular weight is 673 g/mol. The number of aryl methyl sites for hydroxylation is 3. The van der Waals surface area contributed by atoms with E-state index in [4.69, 9.17) is 0 Å². The Balaban J connectivity index is 0.000000136. The highest BCUT2D eigenvalue weighted by Crippen LogP contribution is 2.38. The SMILES string of the molecule is CC.Cc1ccc(-c2ccc(-c3ccccc3)cc2)cc1.Cc1ccc(-c2ccc3c(c2)-c2ccccc2C3)cc1.Cc1cccc2ccccc12. The number of benzene rings is 8. The van der Waals surface area contributed by atoms with Gasteiger partial charge in [0.05, 0.1) is 0 Å². The second-order valence-electron chi connectivity index (χ2n) is 13.2. The van der Waals surface area contributed by atoms with Crippen LogP contribution >= 0.6 is 0 Å². The third-order valence-corrected chi connectivity index (χ3v) is 9.57. The molecule has 0 N–H and O–H groups in total. The van der Waals surface area contributed by atoms with Gasteiger partial charge in [-0.2, -0.15) is 0 Å². The molecule has 0 unspecified atom stereocenters. The Hall–Kier alpha value is -5.98. The van der Waals surface area contributed by atoms with Gasteiger partial charge in [-0.05, 0) is 105 Å². The summed E-state index contributed by atoms with van der Waals surface area (Å²) >= 11 is 0. The summed E-state index contributed by atoms with van der Waals surface area (Å²) < 4.78 is 0. The predicted octanol–water partition coefficient (Wildman–Crippen LogP) is 14.7. The summed E-state index contributed by atoms with van der Waals surface area (Å²) in [4.78, 5) is 0. The Morgan fingerprint density at radius 2 is 0.769 bits per heavy atom. The van der Waals surface area contributed by atoms with E-state index in [1.165, 1.54) is 83.1 Å². The lowest BCUT2D eigenvalue weighted by Crippen LogP contribution is -1.83. The molecule has 0 saturated carbocycles. The van der Waals surface area contributed by atoms with E-state index in [9.17, 15) is 0 Å². The molecule has 1 aliphatic carbocycles. The second kappa shape index (κ2) is 17.3. The quantitative estimate of drug-likeness (QED) is 0.175. The summed E-state index contributed by atoms with van der Waals surface area (Å²) in [7, 11) is 0. The van der Waals surface area contributed by atoms with Gasteiger partial charge in [-0.1, -0.05) is 207 Å². The Kier molecular flexibility index (Phi) is 11.9. The lowest BCUT2D eigenvalue weighted by atomic mass is 9.98. The van der Waals surface area contributed by atoms with E-state index in [0.29, 0.717) is 0 Å². The lowest BCUT2D eigenvalue weighted by Gasteiger charge is -2.06. The molecule has 0 amide bonds. The largest absolute Gasteiger partial charge is 0.0683 e. The number of hydrogen-bond donors (Lipinski definition) is 0. The van der Waals surface area contributed by atoms with Crippen LogP contribution in [-0.2, 0) is 6.42 Å². The van der Waals surface area contributed by atoms with Crippen molar-refractivity contribution < 1.29 is 0 Å². The van der Waals surface area contributed by atoms with Crippen molar-refractivity contribution in [3.8, 4) is 44.5 Å². The molecular weight excluding hydrogens is 625 g/mol. The first-order valence-corrected chi connectivity index (χ1v) is 18.5. The first-order valence-electron chi connectivity index (χ1n) is 18.5. The zero-order valence-corrected chi connectivity index (χ0v) is 31.1. The first kappa shape index (κ1) is 35.8. The minimum absolute atomic E-state index is 1.07. The molecule has 256 valence electrons. The Labute approximate surface area is 311 Å². The molecule has 0 heterocycles. The smallest absolute Gasteiger partial charge is 0.00134 e.